The van der Waals surface area contributed by atoms with Crippen molar-refractivity contribution in [3.8, 4) is 0 Å². The first kappa shape index (κ1) is 20.0. The number of nitrogens with zero attached hydrogens (tertiary/aromatic N) is 4. The van der Waals surface area contributed by atoms with Crippen molar-refractivity contribution in [3.63, 3.8) is 0 Å². The Morgan fingerprint density at radius 3 is 2.11 bits per heavy atom. The van der Waals surface area contributed by atoms with Crippen LogP contribution in [0.1, 0.15) is 30.3 Å². The number of alkyl halides is 3. The van der Waals surface area contributed by atoms with Crippen molar-refractivity contribution in [2.45, 2.75) is 30.8 Å². The fourth-order valence-corrected chi connectivity index (χ4v) is 4.99. The average molecular weight is 420 g/mol. The second kappa shape index (κ2) is 7.36. The summed E-state index contributed by atoms with van der Waals surface area (Å²) in [5, 5.41) is 9.97. The molecule has 1 aliphatic rings. The standard InChI is InChI=1S/C16H19F3N4O2S2/c1-11(2)14-20-21-15(26-14)22-7-9-23(10-8-22)27(24,25)13-5-3-12(4-6-13)16(17,18)19/h3-6,11H,7-10H2,1-2H3. The summed E-state index contributed by atoms with van der Waals surface area (Å²) < 4.78 is 64.6. The van der Waals surface area contributed by atoms with Gasteiger partial charge in [0.15, 0.2) is 0 Å². The van der Waals surface area contributed by atoms with Gasteiger partial charge in [-0.1, -0.05) is 25.2 Å². The molecule has 0 bridgehead atoms. The van der Waals surface area contributed by atoms with Crippen LogP contribution in [0.5, 0.6) is 0 Å². The highest BCUT2D eigenvalue weighted by Crippen LogP contribution is 2.31. The Kier molecular flexibility index (Phi) is 5.46. The van der Waals surface area contributed by atoms with E-state index in [0.29, 0.717) is 13.1 Å². The molecule has 148 valence electrons. The van der Waals surface area contributed by atoms with Gasteiger partial charge in [-0.3, -0.25) is 0 Å². The third-order valence-corrected chi connectivity index (χ3v) is 7.45. The van der Waals surface area contributed by atoms with Gasteiger partial charge < -0.3 is 4.90 Å². The van der Waals surface area contributed by atoms with Crippen LogP contribution < -0.4 is 4.90 Å². The SMILES string of the molecule is CC(C)c1nnc(N2CCN(S(=O)(=O)c3ccc(C(F)(F)F)cc3)CC2)s1. The molecule has 1 aromatic heterocycles. The molecule has 6 nitrogen and oxygen atoms in total. The third-order valence-electron chi connectivity index (χ3n) is 4.25. The highest BCUT2D eigenvalue weighted by atomic mass is 32.2. The van der Waals surface area contributed by atoms with E-state index >= 15 is 0 Å². The van der Waals surface area contributed by atoms with Crippen LogP contribution in [-0.4, -0.2) is 49.1 Å². The Balaban J connectivity index is 1.69. The number of benzene rings is 1. The largest absolute Gasteiger partial charge is 0.416 e. The van der Waals surface area contributed by atoms with E-state index in [1.54, 1.807) is 0 Å². The summed E-state index contributed by atoms with van der Waals surface area (Å²) in [6.45, 7) is 5.43. The molecule has 0 spiro atoms. The van der Waals surface area contributed by atoms with Crippen LogP contribution in [0, 0.1) is 0 Å². The van der Waals surface area contributed by atoms with Gasteiger partial charge in [0.2, 0.25) is 15.2 Å². The highest BCUT2D eigenvalue weighted by molar-refractivity contribution is 7.89. The van der Waals surface area contributed by atoms with Crippen molar-refractivity contribution >= 4 is 26.5 Å². The minimum absolute atomic E-state index is 0.137. The number of aromatic nitrogens is 2. The lowest BCUT2D eigenvalue weighted by Gasteiger charge is -2.33. The zero-order chi connectivity index (χ0) is 19.8. The van der Waals surface area contributed by atoms with E-state index in [9.17, 15) is 21.6 Å². The average Bonchev–Trinajstić information content (AvgIpc) is 3.12. The molecule has 2 heterocycles. The molecular weight excluding hydrogens is 401 g/mol. The molecule has 0 amide bonds. The molecule has 27 heavy (non-hydrogen) atoms. The van der Waals surface area contributed by atoms with E-state index in [1.165, 1.54) is 15.6 Å². The zero-order valence-electron chi connectivity index (χ0n) is 14.8. The molecule has 3 rings (SSSR count). The first-order chi connectivity index (χ1) is 12.6. The van der Waals surface area contributed by atoms with Crippen molar-refractivity contribution in [1.82, 2.24) is 14.5 Å². The number of anilines is 1. The lowest BCUT2D eigenvalue weighted by molar-refractivity contribution is -0.137. The number of piperazine rings is 1. The van der Waals surface area contributed by atoms with Gasteiger partial charge in [0.25, 0.3) is 0 Å². The predicted molar refractivity (Wildman–Crippen MR) is 96.4 cm³/mol. The fraction of sp³-hybridized carbons (Fsp3) is 0.500. The maximum atomic E-state index is 12.7. The molecular formula is C16H19F3N4O2S2. The number of rotatable bonds is 4. The summed E-state index contributed by atoms with van der Waals surface area (Å²) in [7, 11) is -3.83. The molecule has 1 aliphatic heterocycles. The van der Waals surface area contributed by atoms with Crippen LogP contribution in [0.15, 0.2) is 29.2 Å². The molecule has 0 aliphatic carbocycles. The second-order valence-electron chi connectivity index (χ2n) is 6.49. The summed E-state index contributed by atoms with van der Waals surface area (Å²) in [4.78, 5) is 1.84. The number of hydrogen-bond donors (Lipinski definition) is 0. The van der Waals surface area contributed by atoms with E-state index in [1.807, 2.05) is 18.7 Å². The van der Waals surface area contributed by atoms with Gasteiger partial charge in [-0.05, 0) is 24.3 Å². The molecule has 0 atom stereocenters. The van der Waals surface area contributed by atoms with E-state index in [0.717, 1.165) is 34.4 Å². The number of halogens is 3. The maximum absolute atomic E-state index is 12.7. The topological polar surface area (TPSA) is 66.4 Å². The van der Waals surface area contributed by atoms with E-state index < -0.39 is 21.8 Å². The van der Waals surface area contributed by atoms with Crippen LogP contribution in [0.4, 0.5) is 18.3 Å². The Bertz CT molecular complexity index is 887. The molecule has 0 saturated carbocycles. The second-order valence-corrected chi connectivity index (χ2v) is 9.42. The molecule has 0 unspecified atom stereocenters. The quantitative estimate of drug-likeness (QED) is 0.760. The Morgan fingerprint density at radius 2 is 1.63 bits per heavy atom. The molecule has 11 heteroatoms. The van der Waals surface area contributed by atoms with Gasteiger partial charge in [-0.15, -0.1) is 10.2 Å². The van der Waals surface area contributed by atoms with Crippen molar-refractivity contribution in [1.29, 1.82) is 0 Å². The van der Waals surface area contributed by atoms with Gasteiger partial charge in [0.05, 0.1) is 10.5 Å². The molecule has 0 radical (unpaired) electrons. The van der Waals surface area contributed by atoms with Crippen molar-refractivity contribution < 1.29 is 21.6 Å². The highest BCUT2D eigenvalue weighted by Gasteiger charge is 2.33. The maximum Gasteiger partial charge on any atom is 0.416 e. The Morgan fingerprint density at radius 1 is 1.04 bits per heavy atom. The van der Waals surface area contributed by atoms with Gasteiger partial charge >= 0.3 is 6.18 Å². The Labute approximate surface area is 159 Å². The summed E-state index contributed by atoms with van der Waals surface area (Å²) in [6.07, 6.45) is -4.50. The minimum Gasteiger partial charge on any atom is -0.344 e. The predicted octanol–water partition coefficient (Wildman–Crippen LogP) is 3.19. The van der Waals surface area contributed by atoms with Crippen LogP contribution in [0.2, 0.25) is 0 Å². The fourth-order valence-electron chi connectivity index (χ4n) is 2.67. The van der Waals surface area contributed by atoms with Crippen LogP contribution in [0.25, 0.3) is 0 Å². The van der Waals surface area contributed by atoms with Gasteiger partial charge in [-0.25, -0.2) is 8.42 Å². The molecule has 1 aromatic carbocycles. The molecule has 2 aromatic rings. The minimum atomic E-state index is -4.50. The van der Waals surface area contributed by atoms with Crippen LogP contribution in [-0.2, 0) is 16.2 Å². The van der Waals surface area contributed by atoms with Gasteiger partial charge in [-0.2, -0.15) is 17.5 Å². The number of sulfonamides is 1. The van der Waals surface area contributed by atoms with Gasteiger partial charge in [0, 0.05) is 32.1 Å². The van der Waals surface area contributed by atoms with E-state index in [-0.39, 0.29) is 23.9 Å². The third kappa shape index (κ3) is 4.25. The zero-order valence-corrected chi connectivity index (χ0v) is 16.4. The first-order valence-electron chi connectivity index (χ1n) is 8.35. The smallest absolute Gasteiger partial charge is 0.344 e. The lowest BCUT2D eigenvalue weighted by Crippen LogP contribution is -2.48. The normalized spacial score (nSPS) is 16.9. The lowest BCUT2D eigenvalue weighted by atomic mass is 10.2. The monoisotopic (exact) mass is 420 g/mol. The molecule has 1 fully saturated rings. The summed E-state index contributed by atoms with van der Waals surface area (Å²) in [6, 6.07) is 3.59. The van der Waals surface area contributed by atoms with Crippen LogP contribution in [0.3, 0.4) is 0 Å². The van der Waals surface area contributed by atoms with E-state index in [2.05, 4.69) is 10.2 Å². The summed E-state index contributed by atoms with van der Waals surface area (Å²) in [5.41, 5.74) is -0.872. The summed E-state index contributed by atoms with van der Waals surface area (Å²) >= 11 is 1.49. The van der Waals surface area contributed by atoms with Crippen molar-refractivity contribution in [2.24, 2.45) is 0 Å². The molecule has 1 saturated heterocycles. The molecule has 0 N–H and O–H groups in total. The number of hydrogen-bond acceptors (Lipinski definition) is 6. The Hall–Kier alpha value is -1.72. The van der Waals surface area contributed by atoms with Crippen LogP contribution >= 0.6 is 11.3 Å². The van der Waals surface area contributed by atoms with Crippen molar-refractivity contribution in [2.75, 3.05) is 31.1 Å². The summed E-state index contributed by atoms with van der Waals surface area (Å²) in [5.74, 6) is 0.276. The van der Waals surface area contributed by atoms with Crippen molar-refractivity contribution in [3.05, 3.63) is 34.8 Å². The van der Waals surface area contributed by atoms with Gasteiger partial charge in [0.1, 0.15) is 5.01 Å². The first-order valence-corrected chi connectivity index (χ1v) is 10.6. The van der Waals surface area contributed by atoms with E-state index in [4.69, 9.17) is 0 Å².